The van der Waals surface area contributed by atoms with Gasteiger partial charge in [0.25, 0.3) is 0 Å². The number of sulfonamides is 1. The molecule has 0 radical (unpaired) electrons. The van der Waals surface area contributed by atoms with Gasteiger partial charge >= 0.3 is 6.18 Å². The Balaban J connectivity index is 2.50. The van der Waals surface area contributed by atoms with E-state index in [-0.39, 0.29) is 9.77 Å². The number of aliphatic hydroxyl groups is 1. The van der Waals surface area contributed by atoms with Gasteiger partial charge in [-0.15, -0.1) is 11.3 Å². The third kappa shape index (κ3) is 3.11. The van der Waals surface area contributed by atoms with Gasteiger partial charge in [0.15, 0.2) is 0 Å². The van der Waals surface area contributed by atoms with Crippen molar-refractivity contribution in [1.29, 1.82) is 0 Å². The molecule has 110 valence electrons. The summed E-state index contributed by atoms with van der Waals surface area (Å²) in [5.74, 6) is 0. The van der Waals surface area contributed by atoms with E-state index in [2.05, 4.69) is 0 Å². The van der Waals surface area contributed by atoms with Gasteiger partial charge in [-0.05, 0) is 6.07 Å². The van der Waals surface area contributed by atoms with Crippen molar-refractivity contribution in [3.63, 3.8) is 0 Å². The van der Waals surface area contributed by atoms with Crippen LogP contribution in [-0.2, 0) is 16.6 Å². The van der Waals surface area contributed by atoms with E-state index in [1.807, 2.05) is 0 Å². The maximum absolute atomic E-state index is 12.2. The standard InChI is InChI=1S/C11H10F3NO3S2/c12-11(13,14)6-15-20(17,18)10-7-3-1-2-4-8(7)19-9(10)5-16/h1-4,15-16H,5-6H2. The second kappa shape index (κ2) is 5.32. The molecule has 0 aliphatic heterocycles. The first-order chi connectivity index (χ1) is 9.24. The van der Waals surface area contributed by atoms with Gasteiger partial charge in [-0.3, -0.25) is 0 Å². The van der Waals surface area contributed by atoms with Gasteiger partial charge in [-0.25, -0.2) is 13.1 Å². The molecule has 0 amide bonds. The fourth-order valence-corrected chi connectivity index (χ4v) is 4.53. The minimum atomic E-state index is -4.64. The number of fused-ring (bicyclic) bond motifs is 1. The van der Waals surface area contributed by atoms with E-state index in [1.54, 1.807) is 18.2 Å². The van der Waals surface area contributed by atoms with Crippen LogP contribution in [0.2, 0.25) is 0 Å². The maximum atomic E-state index is 12.2. The molecule has 0 fully saturated rings. The van der Waals surface area contributed by atoms with Crippen LogP contribution in [-0.4, -0.2) is 26.2 Å². The van der Waals surface area contributed by atoms with Crippen LogP contribution in [0, 0.1) is 0 Å². The number of halogens is 3. The Labute approximate surface area is 116 Å². The molecule has 1 aromatic carbocycles. The van der Waals surface area contributed by atoms with Crippen LogP contribution in [0.25, 0.3) is 10.1 Å². The summed E-state index contributed by atoms with van der Waals surface area (Å²) >= 11 is 1.03. The Hall–Kier alpha value is -1.16. The summed E-state index contributed by atoms with van der Waals surface area (Å²) in [6.07, 6.45) is -4.64. The number of hydrogen-bond donors (Lipinski definition) is 2. The molecule has 4 nitrogen and oxygen atoms in total. The Morgan fingerprint density at radius 2 is 1.90 bits per heavy atom. The summed E-state index contributed by atoms with van der Waals surface area (Å²) in [5.41, 5.74) is 0. The monoisotopic (exact) mass is 325 g/mol. The molecule has 0 saturated heterocycles. The van der Waals surface area contributed by atoms with Crippen molar-refractivity contribution in [1.82, 2.24) is 4.72 Å². The summed E-state index contributed by atoms with van der Waals surface area (Å²) < 4.78 is 62.6. The lowest BCUT2D eigenvalue weighted by molar-refractivity contribution is -0.121. The maximum Gasteiger partial charge on any atom is 0.402 e. The lowest BCUT2D eigenvalue weighted by Gasteiger charge is -2.10. The van der Waals surface area contributed by atoms with Gasteiger partial charge in [0, 0.05) is 10.1 Å². The molecule has 0 atom stereocenters. The molecule has 0 spiro atoms. The van der Waals surface area contributed by atoms with Crippen LogP contribution in [0.3, 0.4) is 0 Å². The molecule has 20 heavy (non-hydrogen) atoms. The molecular formula is C11H10F3NO3S2. The van der Waals surface area contributed by atoms with Crippen LogP contribution in [0.1, 0.15) is 4.88 Å². The van der Waals surface area contributed by atoms with E-state index >= 15 is 0 Å². The smallest absolute Gasteiger partial charge is 0.391 e. The Morgan fingerprint density at radius 3 is 2.50 bits per heavy atom. The summed E-state index contributed by atoms with van der Waals surface area (Å²) in [4.78, 5) is -0.175. The first-order valence-electron chi connectivity index (χ1n) is 5.42. The van der Waals surface area contributed by atoms with Crippen LogP contribution >= 0.6 is 11.3 Å². The highest BCUT2D eigenvalue weighted by molar-refractivity contribution is 7.90. The lowest BCUT2D eigenvalue weighted by atomic mass is 10.2. The average Bonchev–Trinajstić information content (AvgIpc) is 2.75. The molecule has 2 aromatic rings. The number of alkyl halides is 3. The summed E-state index contributed by atoms with van der Waals surface area (Å²) in [6.45, 7) is -2.20. The van der Waals surface area contributed by atoms with Gasteiger partial charge < -0.3 is 5.11 Å². The van der Waals surface area contributed by atoms with Gasteiger partial charge in [0.1, 0.15) is 11.4 Å². The second-order valence-electron chi connectivity index (χ2n) is 3.95. The predicted molar refractivity (Wildman–Crippen MR) is 69.0 cm³/mol. The van der Waals surface area contributed by atoms with E-state index < -0.39 is 29.4 Å². The number of aliphatic hydroxyl groups excluding tert-OH is 1. The third-order valence-electron chi connectivity index (χ3n) is 2.49. The fourth-order valence-electron chi connectivity index (χ4n) is 1.72. The van der Waals surface area contributed by atoms with Crippen LogP contribution in [0.5, 0.6) is 0 Å². The molecule has 0 aliphatic rings. The van der Waals surface area contributed by atoms with E-state index in [9.17, 15) is 26.7 Å². The van der Waals surface area contributed by atoms with E-state index in [1.165, 1.54) is 10.8 Å². The van der Waals surface area contributed by atoms with Crippen molar-refractivity contribution in [2.45, 2.75) is 17.7 Å². The SMILES string of the molecule is O=S(=O)(NCC(F)(F)F)c1c(CO)sc2ccccc12. The average molecular weight is 325 g/mol. The molecule has 1 heterocycles. The topological polar surface area (TPSA) is 66.4 Å². The first-order valence-corrected chi connectivity index (χ1v) is 7.72. The molecule has 0 unspecified atom stereocenters. The molecule has 0 saturated carbocycles. The molecule has 2 N–H and O–H groups in total. The van der Waals surface area contributed by atoms with Crippen molar-refractivity contribution < 1.29 is 26.7 Å². The lowest BCUT2D eigenvalue weighted by Crippen LogP contribution is -2.34. The summed E-state index contributed by atoms with van der Waals surface area (Å²) in [6, 6.07) is 6.40. The van der Waals surface area contributed by atoms with Crippen LogP contribution in [0.15, 0.2) is 29.2 Å². The molecule has 2 rings (SSSR count). The van der Waals surface area contributed by atoms with Gasteiger partial charge in [-0.1, -0.05) is 18.2 Å². The van der Waals surface area contributed by atoms with Crippen molar-refractivity contribution in [2.75, 3.05) is 6.54 Å². The van der Waals surface area contributed by atoms with Crippen LogP contribution < -0.4 is 4.72 Å². The molecule has 0 aliphatic carbocycles. The number of rotatable bonds is 4. The van der Waals surface area contributed by atoms with Crippen molar-refractivity contribution in [3.05, 3.63) is 29.1 Å². The quantitative estimate of drug-likeness (QED) is 0.906. The van der Waals surface area contributed by atoms with E-state index in [0.717, 1.165) is 11.3 Å². The third-order valence-corrected chi connectivity index (χ3v) is 5.31. The Kier molecular flexibility index (Phi) is 4.05. The minimum Gasteiger partial charge on any atom is -0.391 e. The predicted octanol–water partition coefficient (Wildman–Crippen LogP) is 2.23. The number of hydrogen-bond acceptors (Lipinski definition) is 4. The number of benzene rings is 1. The fraction of sp³-hybridized carbons (Fsp3) is 0.273. The molecular weight excluding hydrogens is 315 g/mol. The van der Waals surface area contributed by atoms with Crippen LogP contribution in [0.4, 0.5) is 13.2 Å². The first kappa shape index (κ1) is 15.2. The van der Waals surface area contributed by atoms with E-state index in [0.29, 0.717) is 10.1 Å². The Bertz CT molecular complexity index is 722. The second-order valence-corrected chi connectivity index (χ2v) is 6.79. The zero-order valence-corrected chi connectivity index (χ0v) is 11.6. The normalized spacial score (nSPS) is 13.0. The van der Waals surface area contributed by atoms with Gasteiger partial charge in [0.05, 0.1) is 11.5 Å². The molecule has 9 heteroatoms. The highest BCUT2D eigenvalue weighted by Gasteiger charge is 2.32. The van der Waals surface area contributed by atoms with Crippen molar-refractivity contribution in [2.24, 2.45) is 0 Å². The Morgan fingerprint density at radius 1 is 1.25 bits per heavy atom. The van der Waals surface area contributed by atoms with E-state index in [4.69, 9.17) is 0 Å². The minimum absolute atomic E-state index is 0.112. The largest absolute Gasteiger partial charge is 0.402 e. The summed E-state index contributed by atoms with van der Waals surface area (Å²) in [7, 11) is -4.34. The zero-order valence-electron chi connectivity index (χ0n) is 9.94. The van der Waals surface area contributed by atoms with Crippen molar-refractivity contribution in [3.8, 4) is 0 Å². The highest BCUT2D eigenvalue weighted by atomic mass is 32.2. The molecule has 0 bridgehead atoms. The number of thiophene rings is 1. The van der Waals surface area contributed by atoms with Crippen molar-refractivity contribution >= 4 is 31.4 Å². The summed E-state index contributed by atoms with van der Waals surface area (Å²) in [5, 5.41) is 9.51. The highest BCUT2D eigenvalue weighted by Crippen LogP contribution is 2.34. The van der Waals surface area contributed by atoms with Gasteiger partial charge in [0.2, 0.25) is 10.0 Å². The zero-order chi connectivity index (χ0) is 15.0. The molecule has 1 aromatic heterocycles. The van der Waals surface area contributed by atoms with Gasteiger partial charge in [-0.2, -0.15) is 13.2 Å². The number of nitrogens with one attached hydrogen (secondary N) is 1.